The molecule has 4 nitrogen and oxygen atoms in total. The van der Waals surface area contributed by atoms with Crippen molar-refractivity contribution in [1.82, 2.24) is 10.1 Å². The Morgan fingerprint density at radius 3 is 2.76 bits per heavy atom. The van der Waals surface area contributed by atoms with Crippen molar-refractivity contribution in [3.05, 3.63) is 29.6 Å². The van der Waals surface area contributed by atoms with E-state index in [2.05, 4.69) is 10.1 Å². The number of anilines is 1. The van der Waals surface area contributed by atoms with Gasteiger partial charge in [0.05, 0.1) is 11.3 Å². The van der Waals surface area contributed by atoms with Gasteiger partial charge in [-0.05, 0) is 12.3 Å². The fourth-order valence-electron chi connectivity index (χ4n) is 1.30. The maximum Gasteiger partial charge on any atom is 0.260 e. The van der Waals surface area contributed by atoms with Gasteiger partial charge in [0.15, 0.2) is 17.5 Å². The zero-order valence-corrected chi connectivity index (χ0v) is 9.72. The first-order valence-corrected chi connectivity index (χ1v) is 6.07. The Bertz CT molecular complexity index is 544. The maximum atomic E-state index is 13.1. The number of hydrogen-bond donors (Lipinski definition) is 1. The van der Waals surface area contributed by atoms with Crippen LogP contribution in [-0.4, -0.2) is 16.4 Å². The maximum absolute atomic E-state index is 13.1. The molecule has 0 fully saturated rings. The average Bonchev–Trinajstić information content (AvgIpc) is 2.72. The third-order valence-electron chi connectivity index (χ3n) is 2.06. The second-order valence-electron chi connectivity index (χ2n) is 3.30. The molecule has 0 spiro atoms. The zero-order chi connectivity index (χ0) is 12.4. The van der Waals surface area contributed by atoms with E-state index in [1.54, 1.807) is 0 Å². The van der Waals surface area contributed by atoms with Gasteiger partial charge in [0.25, 0.3) is 5.89 Å². The minimum Gasteiger partial charge on any atom is -0.398 e. The van der Waals surface area contributed by atoms with Crippen LogP contribution in [0.25, 0.3) is 11.5 Å². The third-order valence-corrected chi connectivity index (χ3v) is 2.61. The van der Waals surface area contributed by atoms with Crippen LogP contribution >= 0.6 is 11.8 Å². The van der Waals surface area contributed by atoms with E-state index in [-0.39, 0.29) is 17.1 Å². The summed E-state index contributed by atoms with van der Waals surface area (Å²) in [5.41, 5.74) is 5.82. The van der Waals surface area contributed by atoms with Gasteiger partial charge in [0.2, 0.25) is 0 Å². The Balaban J connectivity index is 2.41. The monoisotopic (exact) mass is 257 g/mol. The number of nitrogen functional groups attached to an aromatic ring is 1. The number of hydrogen-bond acceptors (Lipinski definition) is 5. The van der Waals surface area contributed by atoms with E-state index in [4.69, 9.17) is 10.3 Å². The van der Waals surface area contributed by atoms with Gasteiger partial charge in [-0.2, -0.15) is 16.7 Å². The molecule has 1 heterocycles. The molecular formula is C10H9F2N3OS. The topological polar surface area (TPSA) is 64.9 Å². The first-order chi connectivity index (χ1) is 8.11. The highest BCUT2D eigenvalue weighted by molar-refractivity contribution is 7.97. The SMILES string of the molecule is CSCc1noc(-c2cc(F)c(F)cc2N)n1. The van der Waals surface area contributed by atoms with E-state index in [1.807, 2.05) is 6.26 Å². The van der Waals surface area contributed by atoms with E-state index in [0.717, 1.165) is 12.1 Å². The van der Waals surface area contributed by atoms with Gasteiger partial charge in [-0.15, -0.1) is 0 Å². The second-order valence-corrected chi connectivity index (χ2v) is 4.17. The minimum absolute atomic E-state index is 0.0586. The lowest BCUT2D eigenvalue weighted by Crippen LogP contribution is -1.95. The molecule has 0 saturated heterocycles. The Kier molecular flexibility index (Phi) is 3.28. The zero-order valence-electron chi connectivity index (χ0n) is 8.91. The van der Waals surface area contributed by atoms with Crippen molar-refractivity contribution in [2.45, 2.75) is 5.75 Å². The van der Waals surface area contributed by atoms with Gasteiger partial charge in [-0.25, -0.2) is 8.78 Å². The molecular weight excluding hydrogens is 248 g/mol. The van der Waals surface area contributed by atoms with E-state index < -0.39 is 11.6 Å². The molecule has 0 atom stereocenters. The molecule has 0 saturated carbocycles. The minimum atomic E-state index is -1.00. The number of nitrogens with two attached hydrogens (primary N) is 1. The molecule has 1 aromatic carbocycles. The summed E-state index contributed by atoms with van der Waals surface area (Å²) in [4.78, 5) is 4.03. The van der Waals surface area contributed by atoms with Gasteiger partial charge in [0.1, 0.15) is 0 Å². The van der Waals surface area contributed by atoms with Crippen LogP contribution in [0.15, 0.2) is 16.7 Å². The average molecular weight is 257 g/mol. The number of aromatic nitrogens is 2. The first-order valence-electron chi connectivity index (χ1n) is 4.68. The number of rotatable bonds is 3. The molecule has 0 amide bonds. The highest BCUT2D eigenvalue weighted by atomic mass is 32.2. The van der Waals surface area contributed by atoms with Crippen LogP contribution in [-0.2, 0) is 5.75 Å². The molecule has 1 aromatic heterocycles. The van der Waals surface area contributed by atoms with Crippen molar-refractivity contribution >= 4 is 17.4 Å². The molecule has 0 aliphatic rings. The molecule has 2 rings (SSSR count). The standard InChI is InChI=1S/C10H9F2N3OS/c1-17-4-9-14-10(16-15-9)5-2-6(11)7(12)3-8(5)13/h2-3H,4,13H2,1H3. The van der Waals surface area contributed by atoms with Crippen LogP contribution in [0.1, 0.15) is 5.82 Å². The second kappa shape index (κ2) is 4.70. The van der Waals surface area contributed by atoms with Crippen LogP contribution in [0.5, 0.6) is 0 Å². The van der Waals surface area contributed by atoms with Crippen molar-refractivity contribution in [3.8, 4) is 11.5 Å². The van der Waals surface area contributed by atoms with E-state index >= 15 is 0 Å². The Labute approximate surface area is 100 Å². The summed E-state index contributed by atoms with van der Waals surface area (Å²) in [6, 6.07) is 1.84. The third kappa shape index (κ3) is 2.38. The van der Waals surface area contributed by atoms with Crippen LogP contribution in [0, 0.1) is 11.6 Å². The molecule has 0 aliphatic heterocycles. The predicted octanol–water partition coefficient (Wildman–Crippen LogP) is 2.46. The van der Waals surface area contributed by atoms with Crippen molar-refractivity contribution in [3.63, 3.8) is 0 Å². The molecule has 0 bridgehead atoms. The number of benzene rings is 1. The van der Waals surface area contributed by atoms with Gasteiger partial charge < -0.3 is 10.3 Å². The molecule has 2 aromatic rings. The summed E-state index contributed by atoms with van der Waals surface area (Å²) in [5.74, 6) is -0.858. The summed E-state index contributed by atoms with van der Waals surface area (Å²) in [7, 11) is 0. The van der Waals surface area contributed by atoms with Crippen LogP contribution in [0.4, 0.5) is 14.5 Å². The quantitative estimate of drug-likeness (QED) is 0.855. The lowest BCUT2D eigenvalue weighted by molar-refractivity contribution is 0.424. The van der Waals surface area contributed by atoms with E-state index in [1.165, 1.54) is 11.8 Å². The summed E-state index contributed by atoms with van der Waals surface area (Å²) >= 11 is 1.52. The molecule has 0 aliphatic carbocycles. The van der Waals surface area contributed by atoms with Gasteiger partial charge in [-0.1, -0.05) is 5.16 Å². The largest absolute Gasteiger partial charge is 0.398 e. The first kappa shape index (κ1) is 11.8. The molecule has 7 heteroatoms. The Morgan fingerprint density at radius 2 is 2.06 bits per heavy atom. The summed E-state index contributed by atoms with van der Waals surface area (Å²) in [6.45, 7) is 0. The smallest absolute Gasteiger partial charge is 0.260 e. The van der Waals surface area contributed by atoms with Gasteiger partial charge in [-0.3, -0.25) is 0 Å². The lowest BCUT2D eigenvalue weighted by Gasteiger charge is -2.01. The van der Waals surface area contributed by atoms with Gasteiger partial charge in [0, 0.05) is 11.8 Å². The van der Waals surface area contributed by atoms with Crippen molar-refractivity contribution in [2.75, 3.05) is 12.0 Å². The molecule has 0 radical (unpaired) electrons. The summed E-state index contributed by atoms with van der Waals surface area (Å²) in [6.07, 6.45) is 1.89. The number of nitrogens with zero attached hydrogens (tertiary/aromatic N) is 2. The van der Waals surface area contributed by atoms with Crippen LogP contribution in [0.2, 0.25) is 0 Å². The van der Waals surface area contributed by atoms with Crippen LogP contribution in [0.3, 0.4) is 0 Å². The van der Waals surface area contributed by atoms with Crippen LogP contribution < -0.4 is 5.73 Å². The summed E-state index contributed by atoms with van der Waals surface area (Å²) in [5, 5.41) is 3.70. The van der Waals surface area contributed by atoms with Crippen molar-refractivity contribution in [1.29, 1.82) is 0 Å². The molecule has 17 heavy (non-hydrogen) atoms. The van der Waals surface area contributed by atoms with E-state index in [0.29, 0.717) is 11.6 Å². The fourth-order valence-corrected chi connectivity index (χ4v) is 1.67. The van der Waals surface area contributed by atoms with Gasteiger partial charge >= 0.3 is 0 Å². The Hall–Kier alpha value is -1.63. The Morgan fingerprint density at radius 1 is 1.35 bits per heavy atom. The number of thioether (sulfide) groups is 1. The molecule has 2 N–H and O–H groups in total. The van der Waals surface area contributed by atoms with E-state index in [9.17, 15) is 8.78 Å². The normalized spacial score (nSPS) is 10.8. The highest BCUT2D eigenvalue weighted by Crippen LogP contribution is 2.27. The molecule has 0 unspecified atom stereocenters. The fraction of sp³-hybridized carbons (Fsp3) is 0.200. The molecule has 90 valence electrons. The predicted molar refractivity (Wildman–Crippen MR) is 61.3 cm³/mol. The lowest BCUT2D eigenvalue weighted by atomic mass is 10.1. The van der Waals surface area contributed by atoms with Crippen molar-refractivity contribution < 1.29 is 13.3 Å². The highest BCUT2D eigenvalue weighted by Gasteiger charge is 2.15. The number of halogens is 2. The summed E-state index contributed by atoms with van der Waals surface area (Å²) < 4.78 is 30.9. The van der Waals surface area contributed by atoms with Crippen molar-refractivity contribution in [2.24, 2.45) is 0 Å².